The molecule has 3 nitrogen and oxygen atoms in total. The molecule has 0 heterocycles. The van der Waals surface area contributed by atoms with Gasteiger partial charge in [0, 0.05) is 16.1 Å². The maximum atomic E-state index is 12.1. The number of benzene rings is 3. The number of hydrogen-bond acceptors (Lipinski definition) is 3. The number of nitrogens with one attached hydrogen (secondary N) is 1. The second-order valence-electron chi connectivity index (χ2n) is 5.55. The van der Waals surface area contributed by atoms with Gasteiger partial charge >= 0.3 is 5.97 Å². The molecule has 5 heteroatoms. The highest BCUT2D eigenvalue weighted by Gasteiger charge is 2.15. The normalized spacial score (nSPS) is 10.2. The van der Waals surface area contributed by atoms with Crippen LogP contribution in [-0.4, -0.2) is 18.1 Å². The summed E-state index contributed by atoms with van der Waals surface area (Å²) in [6.45, 7) is 0. The maximum absolute atomic E-state index is 12.1. The first-order chi connectivity index (χ1) is 12.6. The summed E-state index contributed by atoms with van der Waals surface area (Å²) in [6, 6.07) is 22.5. The van der Waals surface area contributed by atoms with Gasteiger partial charge in [0.2, 0.25) is 0 Å². The first-order valence-corrected chi connectivity index (χ1v) is 8.72. The summed E-state index contributed by atoms with van der Waals surface area (Å²) in [4.78, 5) is 12.7. The average Bonchev–Trinajstić information content (AvgIpc) is 2.68. The minimum Gasteiger partial charge on any atom is -0.465 e. The van der Waals surface area contributed by atoms with Crippen LogP contribution in [0.4, 0.5) is 5.69 Å². The third kappa shape index (κ3) is 3.93. The average molecular weight is 382 g/mol. The molecular formula is C21H16ClNO2S. The first-order valence-electron chi connectivity index (χ1n) is 7.94. The summed E-state index contributed by atoms with van der Waals surface area (Å²) in [7, 11) is 1.35. The number of esters is 1. The molecule has 1 N–H and O–H groups in total. The molecule has 0 radical (unpaired) electrons. The molecule has 0 atom stereocenters. The fourth-order valence-corrected chi connectivity index (χ4v) is 3.07. The van der Waals surface area contributed by atoms with Gasteiger partial charge in [0.25, 0.3) is 0 Å². The SMILES string of the molecule is COC(=O)c1ccc(-c2ccccc2Cl)cc1NC(=S)c1ccccc1. The maximum Gasteiger partial charge on any atom is 0.339 e. The molecule has 3 aromatic carbocycles. The summed E-state index contributed by atoms with van der Waals surface area (Å²) in [5.41, 5.74) is 3.59. The third-order valence-electron chi connectivity index (χ3n) is 3.89. The molecule has 0 aromatic heterocycles. The van der Waals surface area contributed by atoms with E-state index in [0.717, 1.165) is 16.7 Å². The highest BCUT2D eigenvalue weighted by atomic mass is 35.5. The predicted molar refractivity (Wildman–Crippen MR) is 110 cm³/mol. The number of rotatable bonds is 4. The van der Waals surface area contributed by atoms with Crippen molar-refractivity contribution in [2.45, 2.75) is 0 Å². The van der Waals surface area contributed by atoms with E-state index in [1.807, 2.05) is 66.7 Å². The van der Waals surface area contributed by atoms with Crippen LogP contribution in [0.25, 0.3) is 11.1 Å². The van der Waals surface area contributed by atoms with Crippen molar-refractivity contribution < 1.29 is 9.53 Å². The Morgan fingerprint density at radius 2 is 1.69 bits per heavy atom. The number of methoxy groups -OCH3 is 1. The van der Waals surface area contributed by atoms with Crippen LogP contribution in [0.2, 0.25) is 5.02 Å². The zero-order valence-electron chi connectivity index (χ0n) is 14.0. The lowest BCUT2D eigenvalue weighted by Gasteiger charge is -2.14. The third-order valence-corrected chi connectivity index (χ3v) is 4.56. The number of ether oxygens (including phenoxy) is 1. The van der Waals surface area contributed by atoms with Crippen molar-refractivity contribution in [1.29, 1.82) is 0 Å². The lowest BCUT2D eigenvalue weighted by molar-refractivity contribution is 0.0602. The number of halogens is 1. The van der Waals surface area contributed by atoms with Crippen LogP contribution in [0, 0.1) is 0 Å². The molecule has 0 aliphatic rings. The molecule has 0 aliphatic heterocycles. The monoisotopic (exact) mass is 381 g/mol. The molecule has 0 spiro atoms. The Morgan fingerprint density at radius 3 is 2.38 bits per heavy atom. The topological polar surface area (TPSA) is 38.3 Å². The van der Waals surface area contributed by atoms with Crippen molar-refractivity contribution >= 4 is 40.5 Å². The van der Waals surface area contributed by atoms with E-state index in [-0.39, 0.29) is 0 Å². The number of hydrogen-bond donors (Lipinski definition) is 1. The zero-order chi connectivity index (χ0) is 18.5. The van der Waals surface area contributed by atoms with E-state index in [1.54, 1.807) is 6.07 Å². The Kier molecular flexibility index (Phi) is 5.66. The Morgan fingerprint density at radius 1 is 1.00 bits per heavy atom. The molecule has 0 bridgehead atoms. The van der Waals surface area contributed by atoms with Gasteiger partial charge in [0.1, 0.15) is 4.99 Å². The summed E-state index contributed by atoms with van der Waals surface area (Å²) < 4.78 is 4.89. The Bertz CT molecular complexity index is 957. The van der Waals surface area contributed by atoms with Gasteiger partial charge in [0.05, 0.1) is 18.4 Å². The highest BCUT2D eigenvalue weighted by molar-refractivity contribution is 7.81. The van der Waals surface area contributed by atoms with Crippen molar-refractivity contribution in [3.63, 3.8) is 0 Å². The molecule has 0 amide bonds. The lowest BCUT2D eigenvalue weighted by Crippen LogP contribution is -2.14. The first kappa shape index (κ1) is 18.1. The Balaban J connectivity index is 2.03. The zero-order valence-corrected chi connectivity index (χ0v) is 15.6. The van der Waals surface area contributed by atoms with Gasteiger partial charge in [0.15, 0.2) is 0 Å². The van der Waals surface area contributed by atoms with Crippen LogP contribution in [0.5, 0.6) is 0 Å². The van der Waals surface area contributed by atoms with E-state index in [2.05, 4.69) is 5.32 Å². The van der Waals surface area contributed by atoms with Crippen molar-refractivity contribution in [1.82, 2.24) is 0 Å². The molecule has 0 aliphatic carbocycles. The van der Waals surface area contributed by atoms with Crippen LogP contribution in [0.15, 0.2) is 72.8 Å². The smallest absolute Gasteiger partial charge is 0.339 e. The quantitative estimate of drug-likeness (QED) is 0.473. The van der Waals surface area contributed by atoms with E-state index in [4.69, 9.17) is 28.6 Å². The van der Waals surface area contributed by atoms with E-state index in [9.17, 15) is 4.79 Å². The van der Waals surface area contributed by atoms with Crippen LogP contribution in [-0.2, 0) is 4.74 Å². The molecule has 0 saturated heterocycles. The van der Waals surface area contributed by atoms with Crippen LogP contribution >= 0.6 is 23.8 Å². The van der Waals surface area contributed by atoms with Crippen LogP contribution in [0.3, 0.4) is 0 Å². The van der Waals surface area contributed by atoms with Gasteiger partial charge in [-0.1, -0.05) is 78.4 Å². The molecule has 0 unspecified atom stereocenters. The largest absolute Gasteiger partial charge is 0.465 e. The second-order valence-corrected chi connectivity index (χ2v) is 6.37. The summed E-state index contributed by atoms with van der Waals surface area (Å²) >= 11 is 11.8. The van der Waals surface area contributed by atoms with E-state index in [0.29, 0.717) is 21.3 Å². The molecule has 3 aromatic rings. The van der Waals surface area contributed by atoms with Gasteiger partial charge in [-0.05, 0) is 23.8 Å². The van der Waals surface area contributed by atoms with Crippen molar-refractivity contribution in [3.05, 3.63) is 88.9 Å². The number of carbonyl (C=O) groups is 1. The van der Waals surface area contributed by atoms with E-state index in [1.165, 1.54) is 7.11 Å². The lowest BCUT2D eigenvalue weighted by atomic mass is 10.0. The van der Waals surface area contributed by atoms with Gasteiger partial charge in [-0.2, -0.15) is 0 Å². The number of anilines is 1. The van der Waals surface area contributed by atoms with E-state index < -0.39 is 5.97 Å². The minimum absolute atomic E-state index is 0.404. The fourth-order valence-electron chi connectivity index (χ4n) is 2.58. The van der Waals surface area contributed by atoms with Crippen LogP contribution in [0.1, 0.15) is 15.9 Å². The fraction of sp³-hybridized carbons (Fsp3) is 0.0476. The predicted octanol–water partition coefficient (Wildman–Crippen LogP) is 5.58. The molecule has 0 fully saturated rings. The molecule has 130 valence electrons. The summed E-state index contributed by atoms with van der Waals surface area (Å²) in [5.74, 6) is -0.436. The number of carbonyl (C=O) groups excluding carboxylic acids is 1. The highest BCUT2D eigenvalue weighted by Crippen LogP contribution is 2.31. The van der Waals surface area contributed by atoms with Crippen molar-refractivity contribution in [2.24, 2.45) is 0 Å². The van der Waals surface area contributed by atoms with Crippen molar-refractivity contribution in [3.8, 4) is 11.1 Å². The van der Waals surface area contributed by atoms with Gasteiger partial charge in [-0.15, -0.1) is 0 Å². The summed E-state index contributed by atoms with van der Waals surface area (Å²) in [5, 5.41) is 3.79. The van der Waals surface area contributed by atoms with Gasteiger partial charge in [-0.25, -0.2) is 4.79 Å². The second kappa shape index (κ2) is 8.13. The van der Waals surface area contributed by atoms with Gasteiger partial charge < -0.3 is 10.1 Å². The molecule has 26 heavy (non-hydrogen) atoms. The van der Waals surface area contributed by atoms with Gasteiger partial charge in [-0.3, -0.25) is 0 Å². The summed E-state index contributed by atoms with van der Waals surface area (Å²) in [6.07, 6.45) is 0. The minimum atomic E-state index is -0.436. The van der Waals surface area contributed by atoms with Crippen LogP contribution < -0.4 is 5.32 Å². The Labute approximate surface area is 162 Å². The molecular weight excluding hydrogens is 366 g/mol. The standard InChI is InChI=1S/C21H16ClNO2S/c1-25-21(24)17-12-11-15(16-9-5-6-10-18(16)22)13-19(17)23-20(26)14-7-3-2-4-8-14/h2-13H,1H3,(H,23,26). The van der Waals surface area contributed by atoms with E-state index >= 15 is 0 Å². The van der Waals surface area contributed by atoms with Crippen molar-refractivity contribution in [2.75, 3.05) is 12.4 Å². The Hall–Kier alpha value is -2.69. The molecule has 0 saturated carbocycles. The number of thiocarbonyl (C=S) groups is 1. The molecule has 3 rings (SSSR count).